The second-order valence-electron chi connectivity index (χ2n) is 13.6. The number of aryl methyl sites for hydroxylation is 3. The lowest BCUT2D eigenvalue weighted by atomic mass is 9.76. The highest BCUT2D eigenvalue weighted by molar-refractivity contribution is 6.38. The monoisotopic (exact) mass is 597 g/mol. The molecule has 2 nitrogen and oxygen atoms in total. The Morgan fingerprint density at radius 1 is 0.727 bits per heavy atom. The van der Waals surface area contributed by atoms with Crippen molar-refractivity contribution in [1.29, 1.82) is 0 Å². The van der Waals surface area contributed by atoms with Crippen LogP contribution in [0.25, 0.3) is 43.4 Å². The van der Waals surface area contributed by atoms with Crippen LogP contribution in [-0.4, -0.2) is 10.6 Å². The van der Waals surface area contributed by atoms with Crippen LogP contribution >= 0.6 is 11.6 Å². The smallest absolute Gasteiger partial charge is 0.0910 e. The number of anilines is 1. The first-order valence-corrected chi connectivity index (χ1v) is 16.2. The largest absolute Gasteiger partial charge is 0.385 e. The number of aliphatic hydroxyl groups is 1. The van der Waals surface area contributed by atoms with Gasteiger partial charge < -0.3 is 10.4 Å². The van der Waals surface area contributed by atoms with E-state index in [-0.39, 0.29) is 5.54 Å². The summed E-state index contributed by atoms with van der Waals surface area (Å²) in [5, 5.41) is 23.3. The van der Waals surface area contributed by atoms with Crippen molar-refractivity contribution in [1.82, 2.24) is 0 Å². The van der Waals surface area contributed by atoms with E-state index in [0.717, 1.165) is 21.8 Å². The summed E-state index contributed by atoms with van der Waals surface area (Å²) in [6.45, 7) is 8.34. The van der Waals surface area contributed by atoms with E-state index in [1.165, 1.54) is 80.3 Å². The second kappa shape index (κ2) is 10.9. The third-order valence-electron chi connectivity index (χ3n) is 9.57. The van der Waals surface area contributed by atoms with Gasteiger partial charge in [-0.2, -0.15) is 0 Å². The van der Waals surface area contributed by atoms with Crippen molar-refractivity contribution in [2.75, 3.05) is 5.32 Å². The van der Waals surface area contributed by atoms with Gasteiger partial charge in [0.2, 0.25) is 0 Å². The fraction of sp³-hybridized carbons (Fsp3) is 0.268. The molecule has 0 amide bonds. The first-order valence-electron chi connectivity index (χ1n) is 15.9. The maximum atomic E-state index is 11.1. The molecule has 6 aromatic rings. The number of benzene rings is 6. The van der Waals surface area contributed by atoms with Crippen molar-refractivity contribution in [3.05, 3.63) is 124 Å². The van der Waals surface area contributed by atoms with E-state index < -0.39 is 5.60 Å². The molecule has 6 aromatic carbocycles. The summed E-state index contributed by atoms with van der Waals surface area (Å²) >= 11 is 6.57. The minimum absolute atomic E-state index is 0.123. The summed E-state index contributed by atoms with van der Waals surface area (Å²) in [7, 11) is 0. The molecule has 1 unspecified atom stereocenters. The van der Waals surface area contributed by atoms with Crippen LogP contribution in [0.5, 0.6) is 0 Å². The van der Waals surface area contributed by atoms with Gasteiger partial charge in [-0.05, 0) is 126 Å². The molecule has 0 spiro atoms. The lowest BCUT2D eigenvalue weighted by Crippen LogP contribution is -2.44. The molecule has 0 radical (unpaired) electrons. The van der Waals surface area contributed by atoms with Crippen LogP contribution in [0.3, 0.4) is 0 Å². The molecule has 1 aliphatic carbocycles. The average molecular weight is 598 g/mol. The van der Waals surface area contributed by atoms with E-state index in [9.17, 15) is 5.11 Å². The van der Waals surface area contributed by atoms with Crippen LogP contribution in [0.4, 0.5) is 5.69 Å². The molecule has 8 rings (SSSR count). The molecular weight excluding hydrogens is 558 g/mol. The van der Waals surface area contributed by atoms with Crippen molar-refractivity contribution in [2.45, 2.75) is 70.9 Å². The van der Waals surface area contributed by atoms with E-state index >= 15 is 0 Å². The third kappa shape index (κ3) is 5.15. The molecule has 222 valence electrons. The lowest BCUT2D eigenvalue weighted by molar-refractivity contribution is 0.0273. The quantitative estimate of drug-likeness (QED) is 0.185. The zero-order valence-corrected chi connectivity index (χ0v) is 26.9. The van der Waals surface area contributed by atoms with E-state index in [1.54, 1.807) is 0 Å². The average Bonchev–Trinajstić information content (AvgIpc) is 3.00. The number of halogens is 1. The van der Waals surface area contributed by atoms with Crippen LogP contribution in [0.2, 0.25) is 5.02 Å². The summed E-state index contributed by atoms with van der Waals surface area (Å²) in [5.41, 5.74) is 7.64. The maximum Gasteiger partial charge on any atom is 0.0910 e. The summed E-state index contributed by atoms with van der Waals surface area (Å²) in [6, 6.07) is 34.5. The summed E-state index contributed by atoms with van der Waals surface area (Å²) < 4.78 is 0. The Hall–Kier alpha value is -3.85. The molecule has 1 atom stereocenters. The standard InChI is InChI=1S/C23H25NO.C18H15Cl/c1-15-12-17(19-11-7-9-16-8-5-6-10-18(16)19)13-20-21(15)24-22(2,3)14-23(20,4)25;19-17-11-13-6-2-3-7-14(13)16-10-9-12-5-1-4-8-15(12)18(16)17/h5-13,24-25H,14H2,1-4H3;2-3,6-7,9-11H,1,4-5,8H2. The van der Waals surface area contributed by atoms with Crippen LogP contribution in [0.1, 0.15) is 62.3 Å². The molecule has 3 heteroatoms. The molecule has 44 heavy (non-hydrogen) atoms. The fourth-order valence-electron chi connectivity index (χ4n) is 7.75. The highest BCUT2D eigenvalue weighted by Crippen LogP contribution is 2.45. The zero-order chi connectivity index (χ0) is 30.6. The van der Waals surface area contributed by atoms with Gasteiger partial charge in [-0.3, -0.25) is 0 Å². The van der Waals surface area contributed by atoms with Crippen molar-refractivity contribution >= 4 is 49.6 Å². The number of hydrogen-bond acceptors (Lipinski definition) is 2. The summed E-state index contributed by atoms with van der Waals surface area (Å²) in [4.78, 5) is 0. The molecule has 1 aliphatic heterocycles. The Morgan fingerprint density at radius 2 is 1.43 bits per heavy atom. The van der Waals surface area contributed by atoms with Gasteiger partial charge in [0, 0.05) is 33.6 Å². The van der Waals surface area contributed by atoms with E-state index in [0.29, 0.717) is 6.42 Å². The van der Waals surface area contributed by atoms with E-state index in [1.807, 2.05) is 6.92 Å². The van der Waals surface area contributed by atoms with Gasteiger partial charge in [0.1, 0.15) is 0 Å². The van der Waals surface area contributed by atoms with Gasteiger partial charge >= 0.3 is 0 Å². The van der Waals surface area contributed by atoms with Crippen molar-refractivity contribution < 1.29 is 5.11 Å². The molecule has 0 fully saturated rings. The SMILES string of the molecule is Cc1cc(-c2cccc3ccccc23)cc2c1NC(C)(C)CC2(C)O.Clc1cc2ccccc2c2ccc3c(c12)CCCC3. The zero-order valence-electron chi connectivity index (χ0n) is 26.1. The van der Waals surface area contributed by atoms with Crippen molar-refractivity contribution in [2.24, 2.45) is 0 Å². The first kappa shape index (κ1) is 28.9. The summed E-state index contributed by atoms with van der Waals surface area (Å²) in [6.07, 6.45) is 5.66. The number of hydrogen-bond donors (Lipinski definition) is 2. The fourth-order valence-corrected chi connectivity index (χ4v) is 8.08. The molecular formula is C41H40ClNO. The van der Waals surface area contributed by atoms with E-state index in [2.05, 4.69) is 123 Å². The third-order valence-corrected chi connectivity index (χ3v) is 9.87. The summed E-state index contributed by atoms with van der Waals surface area (Å²) in [5.74, 6) is 0. The molecule has 0 saturated carbocycles. The molecule has 0 aromatic heterocycles. The molecule has 0 saturated heterocycles. The van der Waals surface area contributed by atoms with Gasteiger partial charge in [0.05, 0.1) is 5.60 Å². The first-order chi connectivity index (χ1) is 21.1. The Kier molecular flexibility index (Phi) is 7.19. The van der Waals surface area contributed by atoms with Crippen LogP contribution in [0, 0.1) is 6.92 Å². The van der Waals surface area contributed by atoms with Crippen molar-refractivity contribution in [3.8, 4) is 11.1 Å². The number of nitrogens with one attached hydrogen (secondary N) is 1. The molecule has 2 N–H and O–H groups in total. The Bertz CT molecular complexity index is 2050. The van der Waals surface area contributed by atoms with Gasteiger partial charge in [-0.15, -0.1) is 0 Å². The number of fused-ring (bicyclic) bond motifs is 7. The maximum absolute atomic E-state index is 11.1. The Morgan fingerprint density at radius 3 is 2.25 bits per heavy atom. The van der Waals surface area contributed by atoms with Gasteiger partial charge in [-0.1, -0.05) is 90.5 Å². The molecule has 0 bridgehead atoms. The second-order valence-corrected chi connectivity index (χ2v) is 14.0. The molecule has 2 aliphatic rings. The highest BCUT2D eigenvalue weighted by Gasteiger charge is 2.39. The van der Waals surface area contributed by atoms with Gasteiger partial charge in [0.25, 0.3) is 0 Å². The normalized spacial score (nSPS) is 18.7. The van der Waals surface area contributed by atoms with Crippen molar-refractivity contribution in [3.63, 3.8) is 0 Å². The lowest BCUT2D eigenvalue weighted by Gasteiger charge is -2.43. The predicted octanol–water partition coefficient (Wildman–Crippen LogP) is 11.1. The minimum Gasteiger partial charge on any atom is -0.385 e. The Balaban J connectivity index is 0.000000147. The minimum atomic E-state index is -0.838. The number of rotatable bonds is 1. The highest BCUT2D eigenvalue weighted by atomic mass is 35.5. The van der Waals surface area contributed by atoms with Gasteiger partial charge in [-0.25, -0.2) is 0 Å². The van der Waals surface area contributed by atoms with Crippen LogP contribution in [-0.2, 0) is 18.4 Å². The van der Waals surface area contributed by atoms with Crippen LogP contribution < -0.4 is 5.32 Å². The van der Waals surface area contributed by atoms with Crippen LogP contribution in [0.15, 0.2) is 97.1 Å². The van der Waals surface area contributed by atoms with E-state index in [4.69, 9.17) is 11.6 Å². The topological polar surface area (TPSA) is 32.3 Å². The molecule has 1 heterocycles. The van der Waals surface area contributed by atoms with Gasteiger partial charge in [0.15, 0.2) is 0 Å². The Labute approximate surface area is 265 Å². The predicted molar refractivity (Wildman–Crippen MR) is 189 cm³/mol.